The van der Waals surface area contributed by atoms with Gasteiger partial charge >= 0.3 is 0 Å². The van der Waals surface area contributed by atoms with Crippen molar-refractivity contribution in [2.75, 3.05) is 6.54 Å². The maximum absolute atomic E-state index is 12.6. The highest BCUT2D eigenvalue weighted by molar-refractivity contribution is 5.76. The van der Waals surface area contributed by atoms with Crippen LogP contribution in [0, 0.1) is 18.8 Å². The van der Waals surface area contributed by atoms with Gasteiger partial charge in [0.1, 0.15) is 11.5 Å². The van der Waals surface area contributed by atoms with E-state index in [1.807, 2.05) is 37.8 Å². The summed E-state index contributed by atoms with van der Waals surface area (Å²) in [6.45, 7) is 11.4. The number of hydrogen-bond donors (Lipinski definition) is 1. The van der Waals surface area contributed by atoms with Gasteiger partial charge in [0.15, 0.2) is 0 Å². The van der Waals surface area contributed by atoms with E-state index in [2.05, 4.69) is 13.8 Å². The first-order chi connectivity index (χ1) is 9.83. The first kappa shape index (κ1) is 17.8. The van der Waals surface area contributed by atoms with E-state index in [0.717, 1.165) is 17.9 Å². The first-order valence-electron chi connectivity index (χ1n) is 7.88. The number of hydrogen-bond acceptors (Lipinski definition) is 3. The van der Waals surface area contributed by atoms with E-state index in [9.17, 15) is 4.79 Å². The Balaban J connectivity index is 2.68. The summed E-state index contributed by atoms with van der Waals surface area (Å²) >= 11 is 0. The number of carbonyl (C=O) groups is 1. The second kappa shape index (κ2) is 8.23. The Morgan fingerprint density at radius 1 is 1.29 bits per heavy atom. The molecule has 2 N–H and O–H groups in total. The number of nitrogens with two attached hydrogens (primary N) is 1. The minimum Gasteiger partial charge on any atom is -0.464 e. The van der Waals surface area contributed by atoms with E-state index in [4.69, 9.17) is 10.2 Å². The molecular formula is C17H30N2O2. The Morgan fingerprint density at radius 3 is 2.38 bits per heavy atom. The molecule has 1 atom stereocenters. The predicted octanol–water partition coefficient (Wildman–Crippen LogP) is 3.34. The summed E-state index contributed by atoms with van der Waals surface area (Å²) in [4.78, 5) is 14.5. The van der Waals surface area contributed by atoms with Crippen molar-refractivity contribution in [3.05, 3.63) is 23.7 Å². The molecule has 0 aliphatic heterocycles. The Bertz CT molecular complexity index is 438. The van der Waals surface area contributed by atoms with Crippen molar-refractivity contribution in [1.82, 2.24) is 4.90 Å². The summed E-state index contributed by atoms with van der Waals surface area (Å²) in [7, 11) is 0. The van der Waals surface area contributed by atoms with Gasteiger partial charge in [-0.2, -0.15) is 0 Å². The lowest BCUT2D eigenvalue weighted by molar-refractivity contribution is -0.134. The van der Waals surface area contributed by atoms with Gasteiger partial charge in [0.2, 0.25) is 5.91 Å². The van der Waals surface area contributed by atoms with Crippen LogP contribution in [0.25, 0.3) is 0 Å². The molecule has 1 rings (SSSR count). The molecule has 0 aromatic carbocycles. The molecule has 4 heteroatoms. The molecule has 1 amide bonds. The van der Waals surface area contributed by atoms with Crippen molar-refractivity contribution in [2.24, 2.45) is 17.6 Å². The molecule has 0 saturated heterocycles. The zero-order valence-corrected chi connectivity index (χ0v) is 14.1. The maximum Gasteiger partial charge on any atom is 0.223 e. The number of amides is 1. The monoisotopic (exact) mass is 294 g/mol. The van der Waals surface area contributed by atoms with Gasteiger partial charge in [-0.25, -0.2) is 0 Å². The van der Waals surface area contributed by atoms with Crippen LogP contribution in [0.3, 0.4) is 0 Å². The van der Waals surface area contributed by atoms with Crippen molar-refractivity contribution >= 4 is 5.91 Å². The maximum atomic E-state index is 12.6. The Kier molecular flexibility index (Phi) is 6.96. The molecule has 0 spiro atoms. The standard InChI is InChI=1S/C17H30N2O2/c1-12(2)8-15(10-18)9-17(20)19(13(3)4)11-16-7-6-14(5)21-16/h6-7,12-13,15H,8-11,18H2,1-5H3/t15-/m0/s1. The van der Waals surface area contributed by atoms with Crippen LogP contribution < -0.4 is 5.73 Å². The molecule has 0 unspecified atom stereocenters. The van der Waals surface area contributed by atoms with Gasteiger partial charge in [-0.05, 0) is 57.7 Å². The van der Waals surface area contributed by atoms with Crippen LogP contribution in [0.2, 0.25) is 0 Å². The minimum atomic E-state index is 0.153. The SMILES string of the molecule is Cc1ccc(CN(C(=O)C[C@@H](CN)CC(C)C)C(C)C)o1. The van der Waals surface area contributed by atoms with Crippen molar-refractivity contribution in [3.63, 3.8) is 0 Å². The van der Waals surface area contributed by atoms with Crippen molar-refractivity contribution in [1.29, 1.82) is 0 Å². The van der Waals surface area contributed by atoms with Gasteiger partial charge in [-0.1, -0.05) is 13.8 Å². The van der Waals surface area contributed by atoms with Crippen molar-refractivity contribution < 1.29 is 9.21 Å². The van der Waals surface area contributed by atoms with E-state index >= 15 is 0 Å². The molecule has 0 bridgehead atoms. The quantitative estimate of drug-likeness (QED) is 0.800. The molecule has 0 saturated carbocycles. The third-order valence-corrected chi connectivity index (χ3v) is 3.67. The number of furan rings is 1. The smallest absolute Gasteiger partial charge is 0.223 e. The molecule has 0 fully saturated rings. The van der Waals surface area contributed by atoms with Crippen molar-refractivity contribution in [3.8, 4) is 0 Å². The Hall–Kier alpha value is -1.29. The summed E-state index contributed by atoms with van der Waals surface area (Å²) < 4.78 is 5.59. The van der Waals surface area contributed by atoms with Crippen LogP contribution in [0.1, 0.15) is 52.1 Å². The normalized spacial score (nSPS) is 13.0. The van der Waals surface area contributed by atoms with Gasteiger partial charge < -0.3 is 15.1 Å². The van der Waals surface area contributed by atoms with E-state index in [0.29, 0.717) is 25.4 Å². The third-order valence-electron chi connectivity index (χ3n) is 3.67. The lowest BCUT2D eigenvalue weighted by Crippen LogP contribution is -2.38. The van der Waals surface area contributed by atoms with Gasteiger partial charge in [0, 0.05) is 12.5 Å². The molecular weight excluding hydrogens is 264 g/mol. The predicted molar refractivity (Wildman–Crippen MR) is 85.7 cm³/mol. The van der Waals surface area contributed by atoms with Crippen LogP contribution >= 0.6 is 0 Å². The van der Waals surface area contributed by atoms with Gasteiger partial charge in [0.05, 0.1) is 6.54 Å². The van der Waals surface area contributed by atoms with Crippen LogP contribution in [-0.2, 0) is 11.3 Å². The van der Waals surface area contributed by atoms with Crippen molar-refractivity contribution in [2.45, 2.75) is 60.0 Å². The van der Waals surface area contributed by atoms with Crippen LogP contribution in [0.4, 0.5) is 0 Å². The lowest BCUT2D eigenvalue weighted by Gasteiger charge is -2.28. The largest absolute Gasteiger partial charge is 0.464 e. The van der Waals surface area contributed by atoms with E-state index < -0.39 is 0 Å². The molecule has 4 nitrogen and oxygen atoms in total. The van der Waals surface area contributed by atoms with Crippen LogP contribution in [-0.4, -0.2) is 23.4 Å². The number of carbonyl (C=O) groups excluding carboxylic acids is 1. The second-order valence-electron chi connectivity index (χ2n) is 6.56. The zero-order chi connectivity index (χ0) is 16.0. The fraction of sp³-hybridized carbons (Fsp3) is 0.706. The molecule has 1 aromatic rings. The summed E-state index contributed by atoms with van der Waals surface area (Å²) in [5.41, 5.74) is 5.81. The third kappa shape index (κ3) is 5.92. The van der Waals surface area contributed by atoms with Gasteiger partial charge in [-0.3, -0.25) is 4.79 Å². The van der Waals surface area contributed by atoms with E-state index in [1.54, 1.807) is 0 Å². The van der Waals surface area contributed by atoms with E-state index in [-0.39, 0.29) is 17.9 Å². The van der Waals surface area contributed by atoms with Gasteiger partial charge in [0.25, 0.3) is 0 Å². The fourth-order valence-corrected chi connectivity index (χ4v) is 2.59. The molecule has 1 heterocycles. The average molecular weight is 294 g/mol. The summed E-state index contributed by atoms with van der Waals surface area (Å²) in [5.74, 6) is 2.70. The molecule has 0 aliphatic rings. The molecule has 120 valence electrons. The summed E-state index contributed by atoms with van der Waals surface area (Å²) in [5, 5.41) is 0. The van der Waals surface area contributed by atoms with Crippen LogP contribution in [0.15, 0.2) is 16.5 Å². The topological polar surface area (TPSA) is 59.5 Å². The highest BCUT2D eigenvalue weighted by Crippen LogP contribution is 2.18. The van der Waals surface area contributed by atoms with Crippen LogP contribution in [0.5, 0.6) is 0 Å². The minimum absolute atomic E-state index is 0.153. The first-order valence-corrected chi connectivity index (χ1v) is 7.88. The summed E-state index contributed by atoms with van der Waals surface area (Å²) in [6.07, 6.45) is 1.51. The molecule has 1 aromatic heterocycles. The number of nitrogens with zero attached hydrogens (tertiary/aromatic N) is 1. The highest BCUT2D eigenvalue weighted by Gasteiger charge is 2.22. The summed E-state index contributed by atoms with van der Waals surface area (Å²) in [6, 6.07) is 4.02. The number of rotatable bonds is 8. The highest BCUT2D eigenvalue weighted by atomic mass is 16.3. The molecule has 21 heavy (non-hydrogen) atoms. The number of aryl methyl sites for hydroxylation is 1. The molecule has 0 aliphatic carbocycles. The van der Waals surface area contributed by atoms with E-state index in [1.165, 1.54) is 0 Å². The molecule has 0 radical (unpaired) electrons. The second-order valence-corrected chi connectivity index (χ2v) is 6.56. The zero-order valence-electron chi connectivity index (χ0n) is 14.1. The van der Waals surface area contributed by atoms with Gasteiger partial charge in [-0.15, -0.1) is 0 Å². The Morgan fingerprint density at radius 2 is 1.95 bits per heavy atom. The lowest BCUT2D eigenvalue weighted by atomic mass is 9.93. The average Bonchev–Trinajstić information content (AvgIpc) is 2.79. The fourth-order valence-electron chi connectivity index (χ4n) is 2.59. The Labute approximate surface area is 128 Å².